The van der Waals surface area contributed by atoms with Crippen molar-refractivity contribution in [1.82, 2.24) is 0 Å². The van der Waals surface area contributed by atoms with E-state index in [1.54, 1.807) is 0 Å². The molecule has 5 heteroatoms. The maximum atomic E-state index is 2.69. The maximum Gasteiger partial charge on any atom is 0.244 e. The van der Waals surface area contributed by atoms with Crippen molar-refractivity contribution in [3.05, 3.63) is 252 Å². The number of halogens is 1. The predicted molar refractivity (Wildman–Crippen MR) is 329 cm³/mol. The molecular weight excluding hydrogens is 1020 g/mol. The summed E-state index contributed by atoms with van der Waals surface area (Å²) in [5.74, 6) is 0. The summed E-state index contributed by atoms with van der Waals surface area (Å²) in [4.78, 5) is 4.88. The molecule has 2 nitrogen and oxygen atoms in total. The summed E-state index contributed by atoms with van der Waals surface area (Å²) in [5.41, 5.74) is 28.4. The van der Waals surface area contributed by atoms with Crippen molar-refractivity contribution in [2.24, 2.45) is 0 Å². The van der Waals surface area contributed by atoms with E-state index in [1.165, 1.54) is 124 Å². The van der Waals surface area contributed by atoms with Gasteiger partial charge in [-0.1, -0.05) is 197 Å². The minimum atomic E-state index is 0.0755. The van der Waals surface area contributed by atoms with Crippen LogP contribution in [-0.2, 0) is 0 Å². The second-order valence-corrected chi connectivity index (χ2v) is 21.9. The lowest BCUT2D eigenvalue weighted by Crippen LogP contribution is -2.53. The van der Waals surface area contributed by atoms with Gasteiger partial charge in [0.25, 0.3) is 0 Å². The Morgan fingerprint density at radius 3 is 1.07 bits per heavy atom. The van der Waals surface area contributed by atoms with Gasteiger partial charge in [-0.3, -0.25) is 0 Å². The summed E-state index contributed by atoms with van der Waals surface area (Å²) in [6, 6.07) is 93.6. The first-order chi connectivity index (χ1) is 37.2. The molecule has 0 saturated heterocycles. The van der Waals surface area contributed by atoms with E-state index in [1.807, 2.05) is 0 Å². The smallest absolute Gasteiger partial charge is 0.244 e. The number of benzene rings is 13. The SMILES string of the molecule is Ic1cc2c3c(cc4c(-c5ccccc5)cc5c6c(cc1c3c46)B1c3ccccc3-c3cc(N(c4ccccc4)c4ccccc4)cc-5c31)B1c3ccccc3-c3cc(N(c4ccccc4)c4ccccc4)cc-2c31. The van der Waals surface area contributed by atoms with E-state index in [2.05, 4.69) is 281 Å². The summed E-state index contributed by atoms with van der Waals surface area (Å²) in [7, 11) is 0. The van der Waals surface area contributed by atoms with Gasteiger partial charge in [-0.15, -0.1) is 0 Å². The average molecular weight is 1060 g/mol. The molecule has 0 saturated carbocycles. The topological polar surface area (TPSA) is 6.48 Å². The zero-order valence-corrected chi connectivity index (χ0v) is 42.8. The molecule has 0 aliphatic carbocycles. The molecule has 0 fully saturated rings. The third kappa shape index (κ3) is 5.76. The van der Waals surface area contributed by atoms with Crippen LogP contribution in [0.2, 0.25) is 0 Å². The lowest BCUT2D eigenvalue weighted by atomic mass is 9.34. The number of nitrogens with zero attached hydrogens (tertiary/aromatic N) is 2. The van der Waals surface area contributed by atoms with Crippen molar-refractivity contribution < 1.29 is 0 Å². The average Bonchev–Trinajstić information content (AvgIpc) is 4.20. The van der Waals surface area contributed by atoms with Gasteiger partial charge in [0.15, 0.2) is 0 Å². The highest BCUT2D eigenvalue weighted by atomic mass is 127. The Labute approximate surface area is 449 Å². The van der Waals surface area contributed by atoms with Crippen molar-refractivity contribution >= 4 is 135 Å². The van der Waals surface area contributed by atoms with Gasteiger partial charge in [-0.25, -0.2) is 0 Å². The van der Waals surface area contributed by atoms with Gasteiger partial charge in [0.05, 0.1) is 0 Å². The molecule has 13 aromatic carbocycles. The fourth-order valence-electron chi connectivity index (χ4n) is 14.2. The van der Waals surface area contributed by atoms with Crippen LogP contribution < -0.4 is 42.6 Å². The van der Waals surface area contributed by atoms with Crippen LogP contribution in [0.15, 0.2) is 249 Å². The number of fused-ring (bicyclic) bond motifs is 10. The molecule has 4 heterocycles. The van der Waals surface area contributed by atoms with Gasteiger partial charge in [0.2, 0.25) is 13.4 Å². The number of para-hydroxylation sites is 4. The normalized spacial score (nSPS) is 12.8. The van der Waals surface area contributed by atoms with Crippen LogP contribution >= 0.6 is 22.6 Å². The van der Waals surface area contributed by atoms with Crippen LogP contribution in [-0.4, -0.2) is 13.4 Å². The molecule has 0 atom stereocenters. The summed E-state index contributed by atoms with van der Waals surface area (Å²) in [6.07, 6.45) is 0. The van der Waals surface area contributed by atoms with Crippen molar-refractivity contribution in [2.75, 3.05) is 9.80 Å². The second-order valence-electron chi connectivity index (χ2n) is 20.7. The van der Waals surface area contributed by atoms with Gasteiger partial charge in [0.1, 0.15) is 0 Å². The first kappa shape index (κ1) is 41.8. The zero-order chi connectivity index (χ0) is 49.0. The molecule has 13 aromatic rings. The minimum Gasteiger partial charge on any atom is -0.310 e. The van der Waals surface area contributed by atoms with Crippen molar-refractivity contribution in [1.29, 1.82) is 0 Å². The molecule has 0 amide bonds. The highest BCUT2D eigenvalue weighted by molar-refractivity contribution is 14.1. The number of hydrogen-bond donors (Lipinski definition) is 0. The fraction of sp³-hybridized carbons (Fsp3) is 0. The Balaban J connectivity index is 1.02. The second kappa shape index (κ2) is 15.7. The molecule has 4 aliphatic rings. The van der Waals surface area contributed by atoms with E-state index in [0.29, 0.717) is 0 Å². The third-order valence-corrected chi connectivity index (χ3v) is 17.9. The Kier molecular flexibility index (Phi) is 8.74. The highest BCUT2D eigenvalue weighted by Gasteiger charge is 2.45. The van der Waals surface area contributed by atoms with Crippen LogP contribution in [0.3, 0.4) is 0 Å². The van der Waals surface area contributed by atoms with Crippen LogP contribution in [0.4, 0.5) is 34.1 Å². The number of rotatable bonds is 7. The van der Waals surface area contributed by atoms with Gasteiger partial charge in [-0.2, -0.15) is 0 Å². The molecule has 4 aliphatic heterocycles. The molecule has 17 rings (SSSR count). The van der Waals surface area contributed by atoms with Crippen molar-refractivity contribution in [3.8, 4) is 55.6 Å². The largest absolute Gasteiger partial charge is 0.310 e. The molecule has 0 aromatic heterocycles. The lowest BCUT2D eigenvalue weighted by molar-refractivity contribution is 1.29. The summed E-state index contributed by atoms with van der Waals surface area (Å²) >= 11 is 2.69. The Morgan fingerprint density at radius 1 is 0.253 bits per heavy atom. The Morgan fingerprint density at radius 2 is 0.613 bits per heavy atom. The standard InChI is InChI=1S/C70H41B2IN2/c73-64-41-54-58-37-48(75(45-26-12-4-13-27-45)46-28-14-5-15-29-46)35-56-50-31-16-18-32-60(50)71(70(56)58)62-39-53-51(42-20-6-1-7-21-42)38-52-57-36-47(74(43-22-8-2-9-23-43)44-24-10-3-11-25-44)34-55-49-30-17-19-33-61(49)72(69(55)57)63-40-59(64)68(66(54)62)67(53)65(52)63/h1-41H. The molecular formula is C70H41B2IN2. The van der Waals surface area contributed by atoms with Gasteiger partial charge >= 0.3 is 0 Å². The van der Waals surface area contributed by atoms with E-state index in [4.69, 9.17) is 0 Å². The number of hydrogen-bond acceptors (Lipinski definition) is 2. The van der Waals surface area contributed by atoms with Gasteiger partial charge in [0, 0.05) is 37.7 Å². The molecule has 0 spiro atoms. The van der Waals surface area contributed by atoms with Gasteiger partial charge in [-0.05, 0) is 195 Å². The molecule has 0 N–H and O–H groups in total. The quantitative estimate of drug-likeness (QED) is 0.0892. The first-order valence-corrected chi connectivity index (χ1v) is 27.2. The fourth-order valence-corrected chi connectivity index (χ4v) is 14.9. The van der Waals surface area contributed by atoms with Crippen LogP contribution in [0.1, 0.15) is 0 Å². The van der Waals surface area contributed by atoms with Crippen molar-refractivity contribution in [3.63, 3.8) is 0 Å². The van der Waals surface area contributed by atoms with E-state index in [9.17, 15) is 0 Å². The Hall–Kier alpha value is -8.64. The summed E-state index contributed by atoms with van der Waals surface area (Å²) < 4.78 is 1.28. The summed E-state index contributed by atoms with van der Waals surface area (Å²) in [6.45, 7) is 0.160. The predicted octanol–water partition coefficient (Wildman–Crippen LogP) is 14.7. The highest BCUT2D eigenvalue weighted by Crippen LogP contribution is 2.52. The van der Waals surface area contributed by atoms with E-state index < -0.39 is 0 Å². The number of anilines is 6. The molecule has 75 heavy (non-hydrogen) atoms. The van der Waals surface area contributed by atoms with E-state index in [-0.39, 0.29) is 13.4 Å². The first-order valence-electron chi connectivity index (χ1n) is 26.1. The van der Waals surface area contributed by atoms with Crippen molar-refractivity contribution in [2.45, 2.75) is 0 Å². The van der Waals surface area contributed by atoms with Crippen LogP contribution in [0.5, 0.6) is 0 Å². The monoisotopic (exact) mass is 1060 g/mol. The molecule has 0 radical (unpaired) electrons. The van der Waals surface area contributed by atoms with E-state index >= 15 is 0 Å². The maximum absolute atomic E-state index is 2.69. The zero-order valence-electron chi connectivity index (χ0n) is 40.6. The van der Waals surface area contributed by atoms with Crippen LogP contribution in [0.25, 0.3) is 88.0 Å². The lowest BCUT2D eigenvalue weighted by Gasteiger charge is -2.33. The van der Waals surface area contributed by atoms with Crippen LogP contribution in [0, 0.1) is 3.57 Å². The minimum absolute atomic E-state index is 0.0755. The molecule has 0 unspecified atom stereocenters. The Bertz CT molecular complexity index is 4460. The summed E-state index contributed by atoms with van der Waals surface area (Å²) in [5, 5.41) is 8.19. The van der Waals surface area contributed by atoms with E-state index in [0.717, 1.165) is 34.1 Å². The molecule has 344 valence electrons. The van der Waals surface area contributed by atoms with Gasteiger partial charge < -0.3 is 9.80 Å². The third-order valence-electron chi connectivity index (χ3n) is 17.0. The molecule has 0 bridgehead atoms.